The molecule has 0 aliphatic carbocycles. The van der Waals surface area contributed by atoms with Crippen molar-refractivity contribution in [2.24, 2.45) is 0 Å². The van der Waals surface area contributed by atoms with Gasteiger partial charge in [0.2, 0.25) is 0 Å². The normalized spacial score (nSPS) is 13.0. The van der Waals surface area contributed by atoms with E-state index >= 15 is 0 Å². The number of anilines is 1. The van der Waals surface area contributed by atoms with Crippen molar-refractivity contribution in [1.82, 2.24) is 0 Å². The topological polar surface area (TPSA) is 77.5 Å². The summed E-state index contributed by atoms with van der Waals surface area (Å²) in [6, 6.07) is 20.3. The van der Waals surface area contributed by atoms with Gasteiger partial charge in [0.25, 0.3) is 11.8 Å². The van der Waals surface area contributed by atoms with E-state index in [2.05, 4.69) is 0 Å². The van der Waals surface area contributed by atoms with Gasteiger partial charge in [-0.15, -0.1) is 0 Å². The molecule has 4 rings (SSSR count). The lowest BCUT2D eigenvalue weighted by Gasteiger charge is -2.18. The molecular formula is C21H12NO4-. The van der Waals surface area contributed by atoms with Crippen LogP contribution < -0.4 is 10.0 Å². The molecule has 0 saturated carbocycles. The van der Waals surface area contributed by atoms with Crippen LogP contribution in [0, 0.1) is 0 Å². The van der Waals surface area contributed by atoms with Crippen LogP contribution in [0.2, 0.25) is 0 Å². The molecule has 0 N–H and O–H groups in total. The summed E-state index contributed by atoms with van der Waals surface area (Å²) in [7, 11) is 0. The van der Waals surface area contributed by atoms with Gasteiger partial charge in [-0.05, 0) is 29.3 Å². The number of carboxylic acid groups (broad SMARTS) is 1. The molecule has 3 aromatic carbocycles. The van der Waals surface area contributed by atoms with E-state index in [1.54, 1.807) is 12.1 Å². The van der Waals surface area contributed by atoms with Crippen LogP contribution in [0.1, 0.15) is 31.1 Å². The van der Waals surface area contributed by atoms with Crippen molar-refractivity contribution >= 4 is 23.5 Å². The number of imide groups is 1. The predicted molar refractivity (Wildman–Crippen MR) is 93.8 cm³/mol. The summed E-state index contributed by atoms with van der Waals surface area (Å²) < 4.78 is 0. The van der Waals surface area contributed by atoms with Crippen LogP contribution in [0.15, 0.2) is 72.8 Å². The molecule has 2 amide bonds. The smallest absolute Gasteiger partial charge is 0.266 e. The van der Waals surface area contributed by atoms with Crippen molar-refractivity contribution < 1.29 is 19.5 Å². The highest BCUT2D eigenvalue weighted by atomic mass is 16.4. The monoisotopic (exact) mass is 342 g/mol. The molecule has 0 atom stereocenters. The second-order valence-electron chi connectivity index (χ2n) is 5.88. The van der Waals surface area contributed by atoms with Crippen LogP contribution in [-0.4, -0.2) is 17.8 Å². The van der Waals surface area contributed by atoms with E-state index in [9.17, 15) is 19.5 Å². The minimum Gasteiger partial charge on any atom is -0.545 e. The largest absolute Gasteiger partial charge is 0.545 e. The number of carbonyl (C=O) groups excluding carboxylic acids is 3. The van der Waals surface area contributed by atoms with Crippen LogP contribution in [0.3, 0.4) is 0 Å². The van der Waals surface area contributed by atoms with Crippen molar-refractivity contribution in [3.63, 3.8) is 0 Å². The third-order valence-corrected chi connectivity index (χ3v) is 4.35. The first kappa shape index (κ1) is 15.8. The SMILES string of the molecule is O=C([O-])c1ccc2c(c1)C(=O)N(c1ccccc1-c1ccccc1)C2=O. The van der Waals surface area contributed by atoms with E-state index in [0.29, 0.717) is 5.69 Å². The van der Waals surface area contributed by atoms with E-state index in [0.717, 1.165) is 16.0 Å². The van der Waals surface area contributed by atoms with E-state index in [-0.39, 0.29) is 16.7 Å². The van der Waals surface area contributed by atoms with Gasteiger partial charge >= 0.3 is 0 Å². The number of nitrogens with zero attached hydrogens (tertiary/aromatic N) is 1. The molecule has 1 aliphatic rings. The Balaban J connectivity index is 1.85. The third kappa shape index (κ3) is 2.38. The van der Waals surface area contributed by atoms with Gasteiger partial charge in [0, 0.05) is 5.56 Å². The standard InChI is InChI=1S/C21H13NO4/c23-19-16-11-10-14(21(25)26)12-17(16)20(24)22(19)18-9-5-4-8-15(18)13-6-2-1-3-7-13/h1-12H,(H,25,26)/p-1. The summed E-state index contributed by atoms with van der Waals surface area (Å²) in [6.07, 6.45) is 0. The van der Waals surface area contributed by atoms with Crippen molar-refractivity contribution in [2.75, 3.05) is 4.90 Å². The molecule has 0 aromatic heterocycles. The molecule has 1 heterocycles. The zero-order chi connectivity index (χ0) is 18.3. The average Bonchev–Trinajstić information content (AvgIpc) is 2.92. The minimum absolute atomic E-state index is 0.0690. The molecule has 26 heavy (non-hydrogen) atoms. The highest BCUT2D eigenvalue weighted by Crippen LogP contribution is 2.36. The van der Waals surface area contributed by atoms with Gasteiger partial charge in [0.05, 0.1) is 22.8 Å². The fraction of sp³-hybridized carbons (Fsp3) is 0. The van der Waals surface area contributed by atoms with Gasteiger partial charge in [0.1, 0.15) is 0 Å². The number of aromatic carboxylic acids is 1. The maximum absolute atomic E-state index is 12.9. The van der Waals surface area contributed by atoms with Gasteiger partial charge < -0.3 is 9.90 Å². The highest BCUT2D eigenvalue weighted by Gasteiger charge is 2.37. The van der Waals surface area contributed by atoms with Gasteiger partial charge in [-0.1, -0.05) is 54.6 Å². The molecule has 0 radical (unpaired) electrons. The Morgan fingerprint density at radius 1 is 0.731 bits per heavy atom. The van der Waals surface area contributed by atoms with Crippen LogP contribution >= 0.6 is 0 Å². The Bertz CT molecular complexity index is 1060. The highest BCUT2D eigenvalue weighted by molar-refractivity contribution is 6.35. The fourth-order valence-electron chi connectivity index (χ4n) is 3.12. The number of carboxylic acids is 1. The van der Waals surface area contributed by atoms with Crippen molar-refractivity contribution in [3.05, 3.63) is 89.5 Å². The van der Waals surface area contributed by atoms with Crippen LogP contribution in [-0.2, 0) is 0 Å². The summed E-state index contributed by atoms with van der Waals surface area (Å²) in [5.74, 6) is -2.41. The van der Waals surface area contributed by atoms with Gasteiger partial charge in [0.15, 0.2) is 0 Å². The number of amides is 2. The number of hydrogen-bond donors (Lipinski definition) is 0. The first-order valence-corrected chi connectivity index (χ1v) is 7.96. The van der Waals surface area contributed by atoms with Gasteiger partial charge in [-0.25, -0.2) is 4.90 Å². The number of carbonyl (C=O) groups is 3. The second kappa shape index (κ2) is 5.97. The molecule has 1 aliphatic heterocycles. The quantitative estimate of drug-likeness (QED) is 0.685. The Labute approximate surface area is 149 Å². The third-order valence-electron chi connectivity index (χ3n) is 4.35. The Morgan fingerprint density at radius 2 is 1.38 bits per heavy atom. The van der Waals surface area contributed by atoms with Gasteiger partial charge in [-0.3, -0.25) is 9.59 Å². The summed E-state index contributed by atoms with van der Waals surface area (Å²) in [4.78, 5) is 37.8. The lowest BCUT2D eigenvalue weighted by molar-refractivity contribution is -0.255. The van der Waals surface area contributed by atoms with Crippen molar-refractivity contribution in [2.45, 2.75) is 0 Å². The Kier molecular flexibility index (Phi) is 3.62. The summed E-state index contributed by atoms with van der Waals surface area (Å²) >= 11 is 0. The molecule has 0 bridgehead atoms. The zero-order valence-corrected chi connectivity index (χ0v) is 13.5. The molecule has 126 valence electrons. The number of fused-ring (bicyclic) bond motifs is 1. The lowest BCUT2D eigenvalue weighted by atomic mass is 10.0. The first-order chi connectivity index (χ1) is 12.6. The molecule has 0 spiro atoms. The number of rotatable bonds is 3. The molecule has 0 unspecified atom stereocenters. The molecule has 3 aromatic rings. The predicted octanol–water partition coefficient (Wildman–Crippen LogP) is 2.52. The second-order valence-corrected chi connectivity index (χ2v) is 5.88. The fourth-order valence-corrected chi connectivity index (χ4v) is 3.12. The summed E-state index contributed by atoms with van der Waals surface area (Å²) in [6.45, 7) is 0. The van der Waals surface area contributed by atoms with E-state index in [4.69, 9.17) is 0 Å². The minimum atomic E-state index is -1.39. The molecular weight excluding hydrogens is 330 g/mol. The molecule has 5 heteroatoms. The van der Waals surface area contributed by atoms with E-state index in [1.807, 2.05) is 42.5 Å². The summed E-state index contributed by atoms with van der Waals surface area (Å²) in [5, 5.41) is 11.1. The van der Waals surface area contributed by atoms with Gasteiger partial charge in [-0.2, -0.15) is 0 Å². The number of para-hydroxylation sites is 1. The maximum atomic E-state index is 12.9. The average molecular weight is 342 g/mol. The van der Waals surface area contributed by atoms with E-state index < -0.39 is 17.8 Å². The maximum Gasteiger partial charge on any atom is 0.266 e. The van der Waals surface area contributed by atoms with Crippen LogP contribution in [0.25, 0.3) is 11.1 Å². The van der Waals surface area contributed by atoms with Crippen molar-refractivity contribution in [3.8, 4) is 11.1 Å². The summed E-state index contributed by atoms with van der Waals surface area (Å²) in [5.41, 5.74) is 2.18. The van der Waals surface area contributed by atoms with E-state index in [1.165, 1.54) is 18.2 Å². The first-order valence-electron chi connectivity index (χ1n) is 7.96. The van der Waals surface area contributed by atoms with Crippen LogP contribution in [0.5, 0.6) is 0 Å². The van der Waals surface area contributed by atoms with Crippen molar-refractivity contribution in [1.29, 1.82) is 0 Å². The number of hydrogen-bond acceptors (Lipinski definition) is 4. The van der Waals surface area contributed by atoms with Crippen LogP contribution in [0.4, 0.5) is 5.69 Å². The number of benzene rings is 3. The Hall–Kier alpha value is -3.73. The zero-order valence-electron chi connectivity index (χ0n) is 13.5. The Morgan fingerprint density at radius 3 is 2.12 bits per heavy atom. The lowest BCUT2D eigenvalue weighted by Crippen LogP contribution is -2.29. The molecule has 5 nitrogen and oxygen atoms in total. The molecule has 0 fully saturated rings. The molecule has 0 saturated heterocycles.